The smallest absolute Gasteiger partial charge is 0.339 e. The second-order valence-electron chi connectivity index (χ2n) is 2.94. The summed E-state index contributed by atoms with van der Waals surface area (Å²) in [6.45, 7) is 0.351. The maximum Gasteiger partial charge on any atom is 0.339 e. The molecule has 6 N–H and O–H groups in total. The lowest BCUT2D eigenvalue weighted by Gasteiger charge is -2.22. The average molecular weight is 256 g/mol. The monoisotopic (exact) mass is 256 g/mol. The highest BCUT2D eigenvalue weighted by Crippen LogP contribution is 2.02. The van der Waals surface area contributed by atoms with Crippen molar-refractivity contribution in [2.75, 3.05) is 6.61 Å². The van der Waals surface area contributed by atoms with Gasteiger partial charge in [0.05, 0.1) is 6.61 Å². The number of rotatable bonds is 5. The van der Waals surface area contributed by atoms with Crippen molar-refractivity contribution in [3.05, 3.63) is 0 Å². The fourth-order valence-electron chi connectivity index (χ4n) is 0.618. The molecule has 0 rings (SSSR count). The molecule has 0 radical (unpaired) electrons. The first-order valence-electron chi connectivity index (χ1n) is 4.42. The van der Waals surface area contributed by atoms with E-state index in [9.17, 15) is 9.59 Å². The van der Waals surface area contributed by atoms with Crippen molar-refractivity contribution in [2.45, 2.75) is 31.3 Å². The van der Waals surface area contributed by atoms with Crippen molar-refractivity contribution in [3.8, 4) is 0 Å². The fraction of sp³-hybridized carbons (Fsp3) is 0.750. The van der Waals surface area contributed by atoms with Crippen molar-refractivity contribution in [3.63, 3.8) is 0 Å². The molecule has 0 bridgehead atoms. The van der Waals surface area contributed by atoms with E-state index in [0.29, 0.717) is 0 Å². The molecule has 9 nitrogen and oxygen atoms in total. The number of hydrogen-bond acceptors (Lipinski definition) is 9. The van der Waals surface area contributed by atoms with Gasteiger partial charge in [0, 0.05) is 6.92 Å². The van der Waals surface area contributed by atoms with Crippen molar-refractivity contribution >= 4 is 12.3 Å². The Balaban J connectivity index is 0. The van der Waals surface area contributed by atoms with Gasteiger partial charge >= 0.3 is 5.97 Å². The van der Waals surface area contributed by atoms with Gasteiger partial charge in [0.25, 0.3) is 0 Å². The lowest BCUT2D eigenvalue weighted by Crippen LogP contribution is -2.46. The Morgan fingerprint density at radius 1 is 1.24 bits per heavy atom. The minimum Gasteiger partial charge on any atom is -0.394 e. The molecule has 0 aliphatic carbocycles. The van der Waals surface area contributed by atoms with Gasteiger partial charge in [0.1, 0.15) is 24.4 Å². The molecule has 0 heterocycles. The molecular weight excluding hydrogens is 240 g/mol. The zero-order valence-corrected chi connectivity index (χ0v) is 9.00. The number of carbonyl (C=O) groups is 2. The second-order valence-corrected chi connectivity index (χ2v) is 2.94. The quantitative estimate of drug-likeness (QED) is 0.167. The van der Waals surface area contributed by atoms with Crippen LogP contribution >= 0.6 is 0 Å². The minimum absolute atomic E-state index is 0.0258. The first kappa shape index (κ1) is 18.3. The predicted octanol–water partition coefficient (Wildman–Crippen LogP) is -3.36. The summed E-state index contributed by atoms with van der Waals surface area (Å²) in [5.74, 6) is -0.690. The summed E-state index contributed by atoms with van der Waals surface area (Å²) in [5, 5.41) is 50.8. The normalized spacial score (nSPS) is 16.9. The largest absolute Gasteiger partial charge is 0.394 e. The van der Waals surface area contributed by atoms with E-state index in [2.05, 4.69) is 4.89 Å². The topological polar surface area (TPSA) is 165 Å². The van der Waals surface area contributed by atoms with Crippen LogP contribution < -0.4 is 0 Å². The van der Waals surface area contributed by atoms with Gasteiger partial charge in [-0.3, -0.25) is 0 Å². The fourth-order valence-corrected chi connectivity index (χ4v) is 0.618. The maximum absolute atomic E-state index is 9.90. The summed E-state index contributed by atoms with van der Waals surface area (Å²) in [4.78, 5) is 22.3. The summed E-state index contributed by atoms with van der Waals surface area (Å²) in [6.07, 6.45) is -6.84. The molecule has 9 heteroatoms. The molecule has 0 saturated carbocycles. The van der Waals surface area contributed by atoms with Crippen LogP contribution in [0.5, 0.6) is 0 Å². The number of carbonyl (C=O) groups excluding carboxylic acids is 2. The Kier molecular flexibility index (Phi) is 10.8. The van der Waals surface area contributed by atoms with Crippen LogP contribution in [0.25, 0.3) is 0 Å². The first-order chi connectivity index (χ1) is 7.81. The molecule has 0 unspecified atom stereocenters. The van der Waals surface area contributed by atoms with Crippen LogP contribution in [0.15, 0.2) is 0 Å². The van der Waals surface area contributed by atoms with Crippen LogP contribution in [0.3, 0.4) is 0 Å². The SMILES string of the molecule is CC(=O)OO.O=C[C@H](O)[C@@H](O)[C@H](O)[C@H](O)CO. The summed E-state index contributed by atoms with van der Waals surface area (Å²) < 4.78 is 0. The Hall–Kier alpha value is -1.10. The van der Waals surface area contributed by atoms with Crippen LogP contribution in [0, 0.1) is 0 Å². The highest BCUT2D eigenvalue weighted by molar-refractivity contribution is 5.64. The summed E-state index contributed by atoms with van der Waals surface area (Å²) in [5.41, 5.74) is 0. The molecule has 0 aliphatic rings. The molecule has 17 heavy (non-hydrogen) atoms. The Morgan fingerprint density at radius 3 is 1.88 bits per heavy atom. The Bertz CT molecular complexity index is 219. The van der Waals surface area contributed by atoms with E-state index in [4.69, 9.17) is 30.8 Å². The van der Waals surface area contributed by atoms with Gasteiger partial charge in [-0.2, -0.15) is 5.26 Å². The molecule has 0 aromatic rings. The number of aldehydes is 1. The minimum atomic E-state index is -1.79. The van der Waals surface area contributed by atoms with Crippen LogP contribution in [0.1, 0.15) is 6.92 Å². The lowest BCUT2D eigenvalue weighted by molar-refractivity contribution is -0.231. The number of aliphatic hydroxyl groups is 5. The van der Waals surface area contributed by atoms with Crippen molar-refractivity contribution in [1.82, 2.24) is 0 Å². The number of aliphatic hydroxyl groups excluding tert-OH is 5. The van der Waals surface area contributed by atoms with Crippen LogP contribution in [0.4, 0.5) is 0 Å². The third kappa shape index (κ3) is 8.68. The molecule has 0 aliphatic heterocycles. The molecule has 0 fully saturated rings. The Labute approximate surface area is 96.4 Å². The first-order valence-corrected chi connectivity index (χ1v) is 4.42. The van der Waals surface area contributed by atoms with Gasteiger partial charge in [-0.25, -0.2) is 4.79 Å². The molecule has 102 valence electrons. The highest BCUT2D eigenvalue weighted by Gasteiger charge is 2.29. The summed E-state index contributed by atoms with van der Waals surface area (Å²) >= 11 is 0. The van der Waals surface area contributed by atoms with Gasteiger partial charge in [0.15, 0.2) is 6.29 Å². The van der Waals surface area contributed by atoms with Gasteiger partial charge in [0.2, 0.25) is 0 Å². The van der Waals surface area contributed by atoms with E-state index in [0.717, 1.165) is 6.92 Å². The zero-order valence-electron chi connectivity index (χ0n) is 9.00. The summed E-state index contributed by atoms with van der Waals surface area (Å²) in [7, 11) is 0. The van der Waals surface area contributed by atoms with E-state index >= 15 is 0 Å². The third-order valence-corrected chi connectivity index (χ3v) is 1.55. The standard InChI is InChI=1S/C6H12O6.C2H4O3/c7-1-3(9)5(11)6(12)4(10)2-8;1-2(3)5-4/h1,3-6,8-12H,2H2;4H,1H3/t3-,4+,5+,6+;/m0./s1. The van der Waals surface area contributed by atoms with Gasteiger partial charge in [-0.15, -0.1) is 0 Å². The molecule has 0 aromatic heterocycles. The lowest BCUT2D eigenvalue weighted by atomic mass is 10.0. The van der Waals surface area contributed by atoms with E-state index < -0.39 is 37.0 Å². The van der Waals surface area contributed by atoms with Gasteiger partial charge in [-0.1, -0.05) is 0 Å². The third-order valence-electron chi connectivity index (χ3n) is 1.55. The van der Waals surface area contributed by atoms with Gasteiger partial charge < -0.3 is 35.2 Å². The average Bonchev–Trinajstić information content (AvgIpc) is 2.35. The zero-order chi connectivity index (χ0) is 14.0. The van der Waals surface area contributed by atoms with Crippen molar-refractivity contribution in [1.29, 1.82) is 0 Å². The molecule has 0 amide bonds. The molecule has 0 saturated heterocycles. The van der Waals surface area contributed by atoms with Crippen LogP contribution in [-0.4, -0.2) is 74.1 Å². The van der Waals surface area contributed by atoms with Crippen LogP contribution in [-0.2, 0) is 14.5 Å². The van der Waals surface area contributed by atoms with E-state index in [1.807, 2.05) is 0 Å². The van der Waals surface area contributed by atoms with Crippen molar-refractivity contribution in [2.24, 2.45) is 0 Å². The van der Waals surface area contributed by atoms with Crippen LogP contribution in [0.2, 0.25) is 0 Å². The predicted molar refractivity (Wildman–Crippen MR) is 51.6 cm³/mol. The second kappa shape index (κ2) is 10.1. The molecule has 4 atom stereocenters. The van der Waals surface area contributed by atoms with Crippen molar-refractivity contribution < 1.29 is 45.3 Å². The molecule has 0 spiro atoms. The molecule has 0 aromatic carbocycles. The van der Waals surface area contributed by atoms with E-state index in [1.165, 1.54) is 0 Å². The van der Waals surface area contributed by atoms with Gasteiger partial charge in [-0.05, 0) is 0 Å². The number of hydrogen-bond donors (Lipinski definition) is 6. The highest BCUT2D eigenvalue weighted by atomic mass is 17.1. The molecular formula is C8H16O9. The van der Waals surface area contributed by atoms with E-state index in [-0.39, 0.29) is 6.29 Å². The maximum atomic E-state index is 9.90. The van der Waals surface area contributed by atoms with E-state index in [1.54, 1.807) is 0 Å². The summed E-state index contributed by atoms with van der Waals surface area (Å²) in [6, 6.07) is 0. The Morgan fingerprint density at radius 2 is 1.65 bits per heavy atom.